The maximum atomic E-state index is 12.1. The quantitative estimate of drug-likeness (QED) is 0.754. The van der Waals surface area contributed by atoms with Crippen LogP contribution >= 0.6 is 11.6 Å². The van der Waals surface area contributed by atoms with E-state index < -0.39 is 0 Å². The van der Waals surface area contributed by atoms with Crippen molar-refractivity contribution in [2.45, 2.75) is 20.3 Å². The Morgan fingerprint density at radius 2 is 1.67 bits per heavy atom. The summed E-state index contributed by atoms with van der Waals surface area (Å²) in [6.45, 7) is 10.9. The standard InChI is InChI=1S/C17H25ClN2O/c1-14(2)13-20-11-9-19(10-12-20)8-7-17(21)15-3-5-16(18)6-4-15/h3-6,14H,7-13H2,1-2H3. The third-order valence-electron chi connectivity index (χ3n) is 3.91. The van der Waals surface area contributed by atoms with Crippen LogP contribution in [-0.2, 0) is 0 Å². The number of hydrogen-bond acceptors (Lipinski definition) is 3. The lowest BCUT2D eigenvalue weighted by atomic mass is 10.1. The Morgan fingerprint density at radius 1 is 1.10 bits per heavy atom. The molecule has 3 nitrogen and oxygen atoms in total. The van der Waals surface area contributed by atoms with Crippen LogP contribution in [0.4, 0.5) is 0 Å². The van der Waals surface area contributed by atoms with E-state index in [2.05, 4.69) is 23.6 Å². The van der Waals surface area contributed by atoms with Gasteiger partial charge in [0.2, 0.25) is 0 Å². The van der Waals surface area contributed by atoms with Gasteiger partial charge in [-0.25, -0.2) is 0 Å². The smallest absolute Gasteiger partial charge is 0.164 e. The normalized spacial score (nSPS) is 17.3. The highest BCUT2D eigenvalue weighted by atomic mass is 35.5. The summed E-state index contributed by atoms with van der Waals surface area (Å²) in [4.78, 5) is 17.0. The Bertz CT molecular complexity index is 450. The first-order valence-electron chi connectivity index (χ1n) is 7.78. The van der Waals surface area contributed by atoms with Crippen molar-refractivity contribution in [3.63, 3.8) is 0 Å². The number of nitrogens with zero attached hydrogens (tertiary/aromatic N) is 2. The maximum Gasteiger partial charge on any atom is 0.164 e. The van der Waals surface area contributed by atoms with Gasteiger partial charge in [0.05, 0.1) is 0 Å². The van der Waals surface area contributed by atoms with E-state index in [1.165, 1.54) is 6.54 Å². The van der Waals surface area contributed by atoms with Crippen molar-refractivity contribution in [1.29, 1.82) is 0 Å². The fourth-order valence-corrected chi connectivity index (χ4v) is 2.88. The second-order valence-electron chi connectivity index (χ2n) is 6.22. The lowest BCUT2D eigenvalue weighted by Gasteiger charge is -2.35. The van der Waals surface area contributed by atoms with Crippen LogP contribution in [0, 0.1) is 5.92 Å². The molecule has 0 aliphatic carbocycles. The first-order valence-corrected chi connectivity index (χ1v) is 8.16. The molecule has 0 N–H and O–H groups in total. The van der Waals surface area contributed by atoms with Crippen LogP contribution in [0.15, 0.2) is 24.3 Å². The van der Waals surface area contributed by atoms with Gasteiger partial charge >= 0.3 is 0 Å². The molecule has 0 radical (unpaired) electrons. The Kier molecular flexibility index (Phi) is 6.22. The number of ketones is 1. The Balaban J connectivity index is 1.72. The average molecular weight is 309 g/mol. The number of benzene rings is 1. The predicted octanol–water partition coefficient (Wildman–Crippen LogP) is 3.19. The summed E-state index contributed by atoms with van der Waals surface area (Å²) in [5.74, 6) is 0.930. The highest BCUT2D eigenvalue weighted by Gasteiger charge is 2.18. The van der Waals surface area contributed by atoms with Crippen LogP contribution in [0.2, 0.25) is 5.02 Å². The Morgan fingerprint density at radius 3 is 2.24 bits per heavy atom. The third kappa shape index (κ3) is 5.42. The molecule has 0 bridgehead atoms. The third-order valence-corrected chi connectivity index (χ3v) is 4.16. The van der Waals surface area contributed by atoms with Gasteiger partial charge in [0, 0.05) is 56.3 Å². The molecule has 1 aromatic rings. The van der Waals surface area contributed by atoms with Gasteiger partial charge in [0.25, 0.3) is 0 Å². The van der Waals surface area contributed by atoms with Gasteiger partial charge in [0.15, 0.2) is 5.78 Å². The van der Waals surface area contributed by atoms with E-state index in [0.717, 1.165) is 44.2 Å². The SMILES string of the molecule is CC(C)CN1CCN(CCC(=O)c2ccc(Cl)cc2)CC1. The largest absolute Gasteiger partial charge is 0.301 e. The van der Waals surface area contributed by atoms with Crippen molar-refractivity contribution in [3.8, 4) is 0 Å². The average Bonchev–Trinajstić information content (AvgIpc) is 2.46. The fraction of sp³-hybridized carbons (Fsp3) is 0.588. The molecule has 0 saturated carbocycles. The van der Waals surface area contributed by atoms with Crippen molar-refractivity contribution in [2.75, 3.05) is 39.3 Å². The highest BCUT2D eigenvalue weighted by molar-refractivity contribution is 6.30. The molecular weight excluding hydrogens is 284 g/mol. The summed E-state index contributed by atoms with van der Waals surface area (Å²) >= 11 is 5.84. The van der Waals surface area contributed by atoms with E-state index in [4.69, 9.17) is 11.6 Å². The molecule has 0 atom stereocenters. The van der Waals surface area contributed by atoms with Gasteiger partial charge in [-0.2, -0.15) is 0 Å². The number of carbonyl (C=O) groups is 1. The summed E-state index contributed by atoms with van der Waals surface area (Å²) < 4.78 is 0. The molecule has 0 unspecified atom stereocenters. The number of carbonyl (C=O) groups excluding carboxylic acids is 1. The van der Waals surface area contributed by atoms with Crippen LogP contribution in [0.1, 0.15) is 30.6 Å². The molecule has 116 valence electrons. The molecule has 4 heteroatoms. The van der Waals surface area contributed by atoms with Crippen molar-refractivity contribution < 1.29 is 4.79 Å². The predicted molar refractivity (Wildman–Crippen MR) is 88.1 cm³/mol. The number of Topliss-reactive ketones (excluding diaryl/α,β-unsaturated/α-hetero) is 1. The van der Waals surface area contributed by atoms with Gasteiger partial charge in [0.1, 0.15) is 0 Å². The van der Waals surface area contributed by atoms with Gasteiger partial charge in [-0.3, -0.25) is 4.79 Å². The van der Waals surface area contributed by atoms with E-state index in [1.54, 1.807) is 12.1 Å². The fourth-order valence-electron chi connectivity index (χ4n) is 2.75. The summed E-state index contributed by atoms with van der Waals surface area (Å²) in [6.07, 6.45) is 0.589. The summed E-state index contributed by atoms with van der Waals surface area (Å²) in [6, 6.07) is 7.18. The highest BCUT2D eigenvalue weighted by Crippen LogP contribution is 2.12. The topological polar surface area (TPSA) is 23.6 Å². The summed E-state index contributed by atoms with van der Waals surface area (Å²) in [5, 5.41) is 0.674. The van der Waals surface area contributed by atoms with Gasteiger partial charge in [-0.15, -0.1) is 0 Å². The minimum Gasteiger partial charge on any atom is -0.301 e. The van der Waals surface area contributed by atoms with Crippen LogP contribution in [0.3, 0.4) is 0 Å². The molecule has 1 aliphatic heterocycles. The zero-order valence-electron chi connectivity index (χ0n) is 13.0. The zero-order valence-corrected chi connectivity index (χ0v) is 13.8. The first kappa shape index (κ1) is 16.5. The van der Waals surface area contributed by atoms with Gasteiger partial charge in [-0.05, 0) is 30.2 Å². The van der Waals surface area contributed by atoms with Crippen LogP contribution in [-0.4, -0.2) is 54.9 Å². The lowest BCUT2D eigenvalue weighted by Crippen LogP contribution is -2.47. The number of rotatable bonds is 6. The number of piperazine rings is 1. The Labute approximate surface area is 132 Å². The van der Waals surface area contributed by atoms with E-state index in [9.17, 15) is 4.79 Å². The molecule has 0 amide bonds. The molecular formula is C17H25ClN2O. The number of hydrogen-bond donors (Lipinski definition) is 0. The molecule has 0 aromatic heterocycles. The molecule has 1 aromatic carbocycles. The van der Waals surface area contributed by atoms with Gasteiger partial charge < -0.3 is 9.80 Å². The van der Waals surface area contributed by atoms with Crippen molar-refractivity contribution in [2.24, 2.45) is 5.92 Å². The van der Waals surface area contributed by atoms with Crippen LogP contribution < -0.4 is 0 Å². The Hall–Kier alpha value is -0.900. The minimum absolute atomic E-state index is 0.205. The molecule has 1 heterocycles. The molecule has 1 fully saturated rings. The minimum atomic E-state index is 0.205. The maximum absolute atomic E-state index is 12.1. The zero-order chi connectivity index (χ0) is 15.2. The second-order valence-corrected chi connectivity index (χ2v) is 6.65. The lowest BCUT2D eigenvalue weighted by molar-refractivity contribution is 0.0918. The van der Waals surface area contributed by atoms with Crippen molar-refractivity contribution >= 4 is 17.4 Å². The van der Waals surface area contributed by atoms with E-state index in [0.29, 0.717) is 11.4 Å². The summed E-state index contributed by atoms with van der Waals surface area (Å²) in [5.41, 5.74) is 0.762. The molecule has 2 rings (SSSR count). The van der Waals surface area contributed by atoms with Gasteiger partial charge in [-0.1, -0.05) is 25.4 Å². The van der Waals surface area contributed by atoms with E-state index in [-0.39, 0.29) is 5.78 Å². The molecule has 0 spiro atoms. The molecule has 1 aliphatic rings. The van der Waals surface area contributed by atoms with Crippen molar-refractivity contribution in [1.82, 2.24) is 9.80 Å². The van der Waals surface area contributed by atoms with Crippen LogP contribution in [0.25, 0.3) is 0 Å². The molecule has 21 heavy (non-hydrogen) atoms. The second kappa shape index (κ2) is 7.92. The number of halogens is 1. The summed E-state index contributed by atoms with van der Waals surface area (Å²) in [7, 11) is 0. The van der Waals surface area contributed by atoms with E-state index >= 15 is 0 Å². The van der Waals surface area contributed by atoms with Crippen LogP contribution in [0.5, 0.6) is 0 Å². The van der Waals surface area contributed by atoms with E-state index in [1.807, 2.05) is 12.1 Å². The first-order chi connectivity index (χ1) is 10.0. The monoisotopic (exact) mass is 308 g/mol. The van der Waals surface area contributed by atoms with Crippen molar-refractivity contribution in [3.05, 3.63) is 34.9 Å². The molecule has 1 saturated heterocycles.